The van der Waals surface area contributed by atoms with Gasteiger partial charge < -0.3 is 18.4 Å². The van der Waals surface area contributed by atoms with Gasteiger partial charge in [-0.2, -0.15) is 0 Å². The van der Waals surface area contributed by atoms with Crippen LogP contribution in [-0.4, -0.2) is 45.8 Å². The van der Waals surface area contributed by atoms with Crippen molar-refractivity contribution >= 4 is 22.3 Å². The lowest BCUT2D eigenvalue weighted by Crippen LogP contribution is -2.46. The molecule has 0 atom stereocenters. The monoisotopic (exact) mass is 502 g/mol. The molecule has 0 amide bonds. The van der Waals surface area contributed by atoms with Crippen LogP contribution in [0.4, 0.5) is 5.69 Å². The Balaban J connectivity index is 2.70. The van der Waals surface area contributed by atoms with Crippen LogP contribution < -0.4 is 21.3 Å². The molecule has 12 heteroatoms. The number of hydrogen-bond donors (Lipinski definition) is 2. The fourth-order valence-corrected chi connectivity index (χ4v) is 3.68. The van der Waals surface area contributed by atoms with E-state index in [1.54, 1.807) is 0 Å². The Morgan fingerprint density at radius 1 is 0.970 bits per heavy atom. The molecule has 0 aromatic carbocycles. The van der Waals surface area contributed by atoms with Gasteiger partial charge in [-0.15, -0.1) is 0 Å². The second kappa shape index (κ2) is 11.2. The summed E-state index contributed by atoms with van der Waals surface area (Å²) < 4.78 is 18.5. The summed E-state index contributed by atoms with van der Waals surface area (Å²) in [6.07, 6.45) is 1.50. The van der Waals surface area contributed by atoms with Gasteiger partial charge in [-0.1, -0.05) is 41.5 Å². The predicted molar refractivity (Wildman–Crippen MR) is 135 cm³/mol. The first-order valence-electron chi connectivity index (χ1n) is 11.2. The van der Waals surface area contributed by atoms with Gasteiger partial charge in [0.1, 0.15) is 6.61 Å². The van der Waals surface area contributed by atoms with Crippen LogP contribution in [0.15, 0.2) is 17.1 Å². The highest BCUT2D eigenvalue weighted by Gasteiger charge is 2.38. The maximum absolute atomic E-state index is 12.7. The normalized spacial score (nSPS) is 13.3. The molecule has 1 rings (SSSR count). The number of ether oxygens (including phenoxy) is 1. The van der Waals surface area contributed by atoms with Crippen molar-refractivity contribution in [3.63, 3.8) is 0 Å². The molecule has 0 radical (unpaired) electrons. The predicted octanol–water partition coefficient (Wildman–Crippen LogP) is 4.19. The van der Waals surface area contributed by atoms with E-state index in [-0.39, 0.29) is 29.0 Å². The van der Waals surface area contributed by atoms with Crippen LogP contribution in [0.5, 0.6) is 5.75 Å². The zero-order chi connectivity index (χ0) is 25.7. The summed E-state index contributed by atoms with van der Waals surface area (Å²) in [4.78, 5) is 23.5. The summed E-state index contributed by atoms with van der Waals surface area (Å²) in [5, 5.41) is 11.6. The minimum absolute atomic E-state index is 0.0409. The van der Waals surface area contributed by atoms with Gasteiger partial charge in [-0.05, 0) is 36.3 Å². The number of pyridine rings is 1. The van der Waals surface area contributed by atoms with Gasteiger partial charge in [0.2, 0.25) is 22.4 Å². The third-order valence-corrected chi connectivity index (χ3v) is 15.0. The molecule has 10 nitrogen and oxygen atoms in total. The molecule has 1 aromatic rings. The molecule has 33 heavy (non-hydrogen) atoms. The molecule has 190 valence electrons. The second-order valence-corrected chi connectivity index (χ2v) is 20.6. The second-order valence-electron chi connectivity index (χ2n) is 11.1. The van der Waals surface area contributed by atoms with Gasteiger partial charge >= 0.3 is 11.2 Å². The fourth-order valence-electron chi connectivity index (χ4n) is 2.14. The maximum Gasteiger partial charge on any atom is 0.375 e. The molecule has 0 saturated carbocycles. The van der Waals surface area contributed by atoms with Crippen molar-refractivity contribution < 1.29 is 18.7 Å². The molecular weight excluding hydrogens is 460 g/mol. The highest BCUT2D eigenvalue weighted by molar-refractivity contribution is 6.74. The first kappa shape index (κ1) is 29.5. The summed E-state index contributed by atoms with van der Waals surface area (Å²) in [5.41, 5.74) is 4.54. The van der Waals surface area contributed by atoms with Gasteiger partial charge in [0, 0.05) is 25.4 Å². The third-order valence-electron chi connectivity index (χ3n) is 6.47. The Bertz CT molecular complexity index is 860. The lowest BCUT2D eigenvalue weighted by Gasteiger charge is -2.35. The number of rotatable bonds is 12. The Morgan fingerprint density at radius 3 is 1.91 bits per heavy atom. The first-order chi connectivity index (χ1) is 14.9. The molecule has 1 aromatic heterocycles. The SMILES string of the molecule is CC(C)(C)[Si](C)(C)ONCCOc1ccn(CCNO[Si](C)(C)C(C)(C)C)c(=O)c1[N+](=O)[O-]. The Kier molecular flexibility index (Phi) is 10.0. The van der Waals surface area contributed by atoms with E-state index in [0.29, 0.717) is 13.1 Å². The number of aromatic nitrogens is 1. The van der Waals surface area contributed by atoms with Crippen molar-refractivity contribution in [2.24, 2.45) is 0 Å². The Hall–Kier alpha value is -1.58. The van der Waals surface area contributed by atoms with E-state index < -0.39 is 32.8 Å². The smallest absolute Gasteiger partial charge is 0.375 e. The molecule has 0 aliphatic heterocycles. The average molecular weight is 503 g/mol. The number of nitrogens with zero attached hydrogens (tertiary/aromatic N) is 2. The van der Waals surface area contributed by atoms with Crippen molar-refractivity contribution in [1.82, 2.24) is 15.5 Å². The summed E-state index contributed by atoms with van der Waals surface area (Å²) in [5.74, 6) is -0.0548. The summed E-state index contributed by atoms with van der Waals surface area (Å²) >= 11 is 0. The lowest BCUT2D eigenvalue weighted by molar-refractivity contribution is -0.387. The van der Waals surface area contributed by atoms with Gasteiger partial charge in [0.25, 0.3) is 0 Å². The minimum atomic E-state index is -1.98. The summed E-state index contributed by atoms with van der Waals surface area (Å²) in [6.45, 7) is 22.2. The van der Waals surface area contributed by atoms with Gasteiger partial charge in [-0.3, -0.25) is 14.9 Å². The molecule has 0 fully saturated rings. The van der Waals surface area contributed by atoms with E-state index in [9.17, 15) is 14.9 Å². The highest BCUT2D eigenvalue weighted by Crippen LogP contribution is 2.36. The number of nitro groups is 1. The summed E-state index contributed by atoms with van der Waals surface area (Å²) in [7, 11) is -3.94. The van der Waals surface area contributed by atoms with E-state index in [2.05, 4.69) is 78.7 Å². The summed E-state index contributed by atoms with van der Waals surface area (Å²) in [6, 6.07) is 1.45. The van der Waals surface area contributed by atoms with Gasteiger partial charge in [0.05, 0.1) is 11.5 Å². The van der Waals surface area contributed by atoms with Gasteiger partial charge in [-0.25, -0.2) is 11.0 Å². The lowest BCUT2D eigenvalue weighted by atomic mass is 10.2. The van der Waals surface area contributed by atoms with Crippen LogP contribution in [0.1, 0.15) is 41.5 Å². The minimum Gasteiger partial charge on any atom is -0.485 e. The van der Waals surface area contributed by atoms with Crippen molar-refractivity contribution in [3.05, 3.63) is 32.7 Å². The van der Waals surface area contributed by atoms with E-state index in [0.717, 1.165) is 0 Å². The number of nitrogens with one attached hydrogen (secondary N) is 2. The average Bonchev–Trinajstić information content (AvgIpc) is 2.64. The maximum atomic E-state index is 12.7. The number of hydroxylamine groups is 2. The molecule has 0 aliphatic carbocycles. The van der Waals surface area contributed by atoms with Crippen molar-refractivity contribution in [3.8, 4) is 5.75 Å². The fraction of sp³-hybridized carbons (Fsp3) is 0.762. The van der Waals surface area contributed by atoms with Crippen LogP contribution in [0.3, 0.4) is 0 Å². The molecule has 0 unspecified atom stereocenters. The van der Waals surface area contributed by atoms with Crippen LogP contribution in [0.2, 0.25) is 36.3 Å². The molecular formula is C21H42N4O6Si2. The van der Waals surface area contributed by atoms with Crippen molar-refractivity contribution in [2.45, 2.75) is 84.4 Å². The van der Waals surface area contributed by atoms with E-state index in [1.165, 1.54) is 16.8 Å². The molecule has 2 N–H and O–H groups in total. The number of hydrogen-bond acceptors (Lipinski definition) is 8. The zero-order valence-corrected chi connectivity index (χ0v) is 23.8. The Labute approximate surface area is 199 Å². The zero-order valence-electron chi connectivity index (χ0n) is 21.8. The van der Waals surface area contributed by atoms with Crippen molar-refractivity contribution in [2.75, 3.05) is 19.7 Å². The topological polar surface area (TPSA) is 117 Å². The van der Waals surface area contributed by atoms with Crippen LogP contribution in [0, 0.1) is 10.1 Å². The van der Waals surface area contributed by atoms with E-state index >= 15 is 0 Å². The van der Waals surface area contributed by atoms with Crippen molar-refractivity contribution in [1.29, 1.82) is 0 Å². The van der Waals surface area contributed by atoms with E-state index in [1.807, 2.05) is 0 Å². The standard InChI is InChI=1S/C21H42N4O6Si2/c1-20(2,3)32(7,8)30-22-12-15-24-14-11-17(18(19(24)26)25(27)28)29-16-13-23-31-33(9,10)21(4,5)6/h11,14,22-23H,12-13,15-16H2,1-10H3. The van der Waals surface area contributed by atoms with Crippen LogP contribution >= 0.6 is 0 Å². The highest BCUT2D eigenvalue weighted by atomic mass is 28.4. The molecule has 0 spiro atoms. The molecule has 0 bridgehead atoms. The molecule has 0 saturated heterocycles. The van der Waals surface area contributed by atoms with Crippen LogP contribution in [-0.2, 0) is 15.6 Å². The third kappa shape index (κ3) is 8.30. The Morgan fingerprint density at radius 2 is 1.45 bits per heavy atom. The largest absolute Gasteiger partial charge is 0.485 e. The van der Waals surface area contributed by atoms with E-state index in [4.69, 9.17) is 13.8 Å². The quantitative estimate of drug-likeness (QED) is 0.189. The molecule has 1 heterocycles. The molecule has 0 aliphatic rings. The first-order valence-corrected chi connectivity index (χ1v) is 17.0. The van der Waals surface area contributed by atoms with Gasteiger partial charge in [0.15, 0.2) is 0 Å². The van der Waals surface area contributed by atoms with Crippen LogP contribution in [0.25, 0.3) is 0 Å².